The van der Waals surface area contributed by atoms with Crippen LogP contribution in [0.4, 0.5) is 13.2 Å². The highest BCUT2D eigenvalue weighted by Gasteiger charge is 2.40. The van der Waals surface area contributed by atoms with Crippen molar-refractivity contribution in [1.82, 2.24) is 3.97 Å². The van der Waals surface area contributed by atoms with Gasteiger partial charge in [-0.05, 0) is 56.5 Å². The van der Waals surface area contributed by atoms with Crippen molar-refractivity contribution in [3.8, 4) is 0 Å². The minimum absolute atomic E-state index is 0.289. The molecule has 1 heterocycles. The molecule has 3 rings (SSSR count). The van der Waals surface area contributed by atoms with Gasteiger partial charge in [0.05, 0.1) is 5.56 Å². The van der Waals surface area contributed by atoms with Crippen LogP contribution in [-0.2, 0) is 22.6 Å². The molecule has 0 spiro atoms. The Kier molecular flexibility index (Phi) is 4.84. The molecule has 0 bridgehead atoms. The smallest absolute Gasteiger partial charge is 0.252 e. The highest BCUT2D eigenvalue weighted by molar-refractivity contribution is 7.91. The second-order valence-electron chi connectivity index (χ2n) is 7.00. The monoisotopic (exact) mass is 395 g/mol. The predicted octanol–water partition coefficient (Wildman–Crippen LogP) is 4.96. The van der Waals surface area contributed by atoms with Crippen molar-refractivity contribution in [2.45, 2.75) is 37.6 Å². The number of halogens is 3. The van der Waals surface area contributed by atoms with Gasteiger partial charge >= 0.3 is 6.18 Å². The third kappa shape index (κ3) is 3.74. The van der Waals surface area contributed by atoms with Gasteiger partial charge in [0.2, 0.25) is 10.0 Å². The summed E-state index contributed by atoms with van der Waals surface area (Å²) < 4.78 is 64.2. The predicted molar refractivity (Wildman–Crippen MR) is 98.8 cm³/mol. The molecule has 1 aliphatic rings. The quantitative estimate of drug-likeness (QED) is 0.734. The summed E-state index contributed by atoms with van der Waals surface area (Å²) in [6, 6.07) is 8.30. The van der Waals surface area contributed by atoms with Crippen LogP contribution in [-0.4, -0.2) is 17.1 Å². The van der Waals surface area contributed by atoms with Crippen LogP contribution in [0.2, 0.25) is 0 Å². The topological polar surface area (TPSA) is 39.1 Å². The number of rotatable bonds is 4. The molecule has 3 nitrogen and oxygen atoms in total. The first-order valence-corrected chi connectivity index (χ1v) is 9.89. The largest absolute Gasteiger partial charge is 0.416 e. The molecule has 1 aliphatic carbocycles. The Morgan fingerprint density at radius 1 is 1.11 bits per heavy atom. The summed E-state index contributed by atoms with van der Waals surface area (Å²) in [6.07, 6.45) is 2.79. The Morgan fingerprint density at radius 2 is 1.70 bits per heavy atom. The summed E-state index contributed by atoms with van der Waals surface area (Å²) in [4.78, 5) is 0. The molecule has 0 aliphatic heterocycles. The van der Waals surface area contributed by atoms with Crippen LogP contribution in [0, 0.1) is 0 Å². The van der Waals surface area contributed by atoms with Crippen LogP contribution in [0.25, 0.3) is 0 Å². The number of hydrogen-bond acceptors (Lipinski definition) is 2. The lowest BCUT2D eigenvalue weighted by molar-refractivity contribution is -0.137. The third-order valence-electron chi connectivity index (χ3n) is 4.95. The van der Waals surface area contributed by atoms with E-state index in [-0.39, 0.29) is 6.42 Å². The van der Waals surface area contributed by atoms with E-state index in [0.717, 1.165) is 23.3 Å². The van der Waals surface area contributed by atoms with Crippen molar-refractivity contribution < 1.29 is 21.6 Å². The van der Waals surface area contributed by atoms with Gasteiger partial charge < -0.3 is 0 Å². The summed E-state index contributed by atoms with van der Waals surface area (Å²) in [7, 11) is -3.65. The van der Waals surface area contributed by atoms with E-state index < -0.39 is 26.5 Å². The van der Waals surface area contributed by atoms with Crippen molar-refractivity contribution in [1.29, 1.82) is 0 Å². The zero-order chi connectivity index (χ0) is 19.9. The van der Waals surface area contributed by atoms with E-state index in [1.54, 1.807) is 31.2 Å². The molecule has 0 saturated heterocycles. The molecular formula is C20H20F3NO2S. The molecule has 1 aromatic heterocycles. The van der Waals surface area contributed by atoms with Crippen molar-refractivity contribution in [2.75, 3.05) is 0 Å². The number of nitrogens with zero attached hydrogens (tertiary/aromatic N) is 1. The van der Waals surface area contributed by atoms with E-state index in [9.17, 15) is 21.6 Å². The SMILES string of the molecule is CC1=C(Cc2ccc(C(F)(F)F)cc2)CC(C)(S(=O)(=O)n2cccc2)C=C1. The average molecular weight is 395 g/mol. The maximum Gasteiger partial charge on any atom is 0.416 e. The number of alkyl halides is 3. The van der Waals surface area contributed by atoms with Gasteiger partial charge in [0.1, 0.15) is 4.75 Å². The molecule has 144 valence electrons. The van der Waals surface area contributed by atoms with Gasteiger partial charge in [-0.15, -0.1) is 0 Å². The Labute approximate surface area is 156 Å². The molecule has 1 aromatic carbocycles. The fourth-order valence-corrected chi connectivity index (χ4v) is 4.74. The minimum Gasteiger partial charge on any atom is -0.252 e. The van der Waals surface area contributed by atoms with Gasteiger partial charge in [0.25, 0.3) is 0 Å². The lowest BCUT2D eigenvalue weighted by Gasteiger charge is -2.31. The summed E-state index contributed by atoms with van der Waals surface area (Å²) >= 11 is 0. The van der Waals surface area contributed by atoms with Crippen LogP contribution >= 0.6 is 0 Å². The molecule has 1 unspecified atom stereocenters. The minimum atomic E-state index is -4.37. The zero-order valence-corrected chi connectivity index (χ0v) is 15.8. The molecule has 0 fully saturated rings. The average Bonchev–Trinajstić information content (AvgIpc) is 3.13. The first-order chi connectivity index (χ1) is 12.5. The number of hydrogen-bond donors (Lipinski definition) is 0. The molecule has 0 radical (unpaired) electrons. The Balaban J connectivity index is 1.86. The fraction of sp³-hybridized carbons (Fsp3) is 0.300. The lowest BCUT2D eigenvalue weighted by atomic mass is 9.87. The number of aromatic nitrogens is 1. The van der Waals surface area contributed by atoms with E-state index in [2.05, 4.69) is 0 Å². The van der Waals surface area contributed by atoms with E-state index in [1.165, 1.54) is 28.5 Å². The molecule has 0 saturated carbocycles. The molecule has 0 N–H and O–H groups in total. The highest BCUT2D eigenvalue weighted by atomic mass is 32.2. The summed E-state index contributed by atoms with van der Waals surface area (Å²) in [5.41, 5.74) is 1.86. The number of benzene rings is 1. The third-order valence-corrected chi connectivity index (χ3v) is 7.21. The Hall–Kier alpha value is -2.28. The zero-order valence-electron chi connectivity index (χ0n) is 15.0. The van der Waals surface area contributed by atoms with Gasteiger partial charge in [0.15, 0.2) is 0 Å². The fourth-order valence-electron chi connectivity index (χ4n) is 3.20. The van der Waals surface area contributed by atoms with E-state index >= 15 is 0 Å². The number of allylic oxidation sites excluding steroid dienone is 3. The summed E-state index contributed by atoms with van der Waals surface area (Å²) in [5.74, 6) is 0. The lowest BCUT2D eigenvalue weighted by Crippen LogP contribution is -2.39. The Morgan fingerprint density at radius 3 is 2.26 bits per heavy atom. The van der Waals surface area contributed by atoms with Crippen molar-refractivity contribution >= 4 is 10.0 Å². The standard InChI is InChI=1S/C20H20F3NO2S/c1-15-9-10-19(2,27(25,26)24-11-3-4-12-24)14-17(15)13-16-5-7-18(8-6-16)20(21,22)23/h3-12H,13-14H2,1-2H3. The van der Waals surface area contributed by atoms with E-state index in [4.69, 9.17) is 0 Å². The molecule has 0 amide bonds. The molecular weight excluding hydrogens is 375 g/mol. The van der Waals surface area contributed by atoms with Gasteiger partial charge in [-0.3, -0.25) is 3.97 Å². The summed E-state index contributed by atoms with van der Waals surface area (Å²) in [6.45, 7) is 3.55. The van der Waals surface area contributed by atoms with Gasteiger partial charge in [-0.1, -0.05) is 35.4 Å². The van der Waals surface area contributed by atoms with Crippen molar-refractivity contribution in [2.24, 2.45) is 0 Å². The normalized spacial score (nSPS) is 20.9. The van der Waals surface area contributed by atoms with Crippen LogP contribution in [0.3, 0.4) is 0 Å². The molecule has 7 heteroatoms. The van der Waals surface area contributed by atoms with E-state index in [0.29, 0.717) is 12.0 Å². The van der Waals surface area contributed by atoms with E-state index in [1.807, 2.05) is 6.92 Å². The summed E-state index contributed by atoms with van der Waals surface area (Å²) in [5, 5.41) is 0. The first-order valence-electron chi connectivity index (χ1n) is 8.45. The highest BCUT2D eigenvalue weighted by Crippen LogP contribution is 2.36. The van der Waals surface area contributed by atoms with Gasteiger partial charge in [-0.2, -0.15) is 13.2 Å². The second kappa shape index (κ2) is 6.71. The Bertz CT molecular complexity index is 985. The molecule has 2 aromatic rings. The van der Waals surface area contributed by atoms with Crippen LogP contribution < -0.4 is 0 Å². The van der Waals surface area contributed by atoms with Crippen LogP contribution in [0.1, 0.15) is 31.4 Å². The van der Waals surface area contributed by atoms with Crippen LogP contribution in [0.15, 0.2) is 72.1 Å². The maximum absolute atomic E-state index is 13.0. The van der Waals surface area contributed by atoms with Crippen molar-refractivity contribution in [3.63, 3.8) is 0 Å². The molecule has 27 heavy (non-hydrogen) atoms. The second-order valence-corrected chi connectivity index (χ2v) is 9.30. The van der Waals surface area contributed by atoms with Crippen LogP contribution in [0.5, 0.6) is 0 Å². The van der Waals surface area contributed by atoms with Gasteiger partial charge in [-0.25, -0.2) is 8.42 Å². The first kappa shape index (κ1) is 19.5. The van der Waals surface area contributed by atoms with Crippen molar-refractivity contribution in [3.05, 3.63) is 83.2 Å². The van der Waals surface area contributed by atoms with Gasteiger partial charge in [0, 0.05) is 12.4 Å². The molecule has 1 atom stereocenters. The maximum atomic E-state index is 13.0.